The molecule has 1 saturated heterocycles. The molecule has 0 unspecified atom stereocenters. The molecule has 0 aromatic carbocycles. The molecule has 0 radical (unpaired) electrons. The van der Waals surface area contributed by atoms with Gasteiger partial charge >= 0.3 is 12.1 Å². The van der Waals surface area contributed by atoms with Crippen molar-refractivity contribution in [3.05, 3.63) is 59.2 Å². The molecule has 3 aromatic rings. The Morgan fingerprint density at radius 3 is 2.52 bits per heavy atom. The fourth-order valence-electron chi connectivity index (χ4n) is 3.43. The average Bonchev–Trinajstić information content (AvgIpc) is 3.23. The van der Waals surface area contributed by atoms with Crippen molar-refractivity contribution in [2.24, 2.45) is 0 Å². The number of amides is 1. The van der Waals surface area contributed by atoms with Crippen molar-refractivity contribution < 1.29 is 32.6 Å². The van der Waals surface area contributed by atoms with Crippen LogP contribution in [0.2, 0.25) is 0 Å². The third-order valence-corrected chi connectivity index (χ3v) is 5.01. The number of nitrogens with zero attached hydrogens (tertiary/aromatic N) is 3. The maximum atomic E-state index is 12.9. The maximum absolute atomic E-state index is 12.9. The van der Waals surface area contributed by atoms with Gasteiger partial charge in [-0.2, -0.15) is 18.3 Å². The van der Waals surface area contributed by atoms with Gasteiger partial charge in [-0.3, -0.25) is 4.79 Å². The van der Waals surface area contributed by atoms with Crippen molar-refractivity contribution in [2.45, 2.75) is 38.8 Å². The summed E-state index contributed by atoms with van der Waals surface area (Å²) < 4.78 is 45.4. The number of alkyl halides is 3. The van der Waals surface area contributed by atoms with E-state index >= 15 is 0 Å². The van der Waals surface area contributed by atoms with Crippen LogP contribution in [0.15, 0.2) is 36.5 Å². The van der Waals surface area contributed by atoms with Crippen molar-refractivity contribution in [2.75, 3.05) is 18.5 Å². The summed E-state index contributed by atoms with van der Waals surface area (Å²) >= 11 is 0. The minimum atomic E-state index is -4.71. The van der Waals surface area contributed by atoms with Gasteiger partial charge in [0.1, 0.15) is 17.0 Å². The first-order valence-corrected chi connectivity index (χ1v) is 10.4. The van der Waals surface area contributed by atoms with E-state index in [0.29, 0.717) is 18.7 Å². The molecule has 1 aliphatic rings. The highest BCUT2D eigenvalue weighted by Crippen LogP contribution is 2.29. The number of carbonyl (C=O) groups is 2. The van der Waals surface area contributed by atoms with E-state index in [0.717, 1.165) is 36.7 Å². The lowest BCUT2D eigenvalue weighted by Crippen LogP contribution is -2.19. The second kappa shape index (κ2) is 9.99. The first-order valence-electron chi connectivity index (χ1n) is 10.4. The van der Waals surface area contributed by atoms with Gasteiger partial charge in [0.15, 0.2) is 0 Å². The van der Waals surface area contributed by atoms with Gasteiger partial charge in [-0.15, -0.1) is 0 Å². The van der Waals surface area contributed by atoms with E-state index < -0.39 is 29.4 Å². The third kappa shape index (κ3) is 5.48. The predicted molar refractivity (Wildman–Crippen MR) is 113 cm³/mol. The quantitative estimate of drug-likeness (QED) is 0.584. The van der Waals surface area contributed by atoms with Crippen LogP contribution in [0.5, 0.6) is 0 Å². The molecule has 8 nitrogen and oxygen atoms in total. The normalized spacial score (nSPS) is 14.5. The van der Waals surface area contributed by atoms with E-state index in [2.05, 4.69) is 15.4 Å². The van der Waals surface area contributed by atoms with Crippen LogP contribution in [0.1, 0.15) is 64.8 Å². The Morgan fingerprint density at radius 2 is 1.88 bits per heavy atom. The van der Waals surface area contributed by atoms with E-state index in [-0.39, 0.29) is 17.2 Å². The molecule has 11 heteroatoms. The number of nitrogens with one attached hydrogen (secondary N) is 1. The first kappa shape index (κ1) is 24.2. The number of hydrogen-bond donors (Lipinski definition) is 2. The Balaban J connectivity index is 0.00000149. The van der Waals surface area contributed by atoms with Crippen LogP contribution in [-0.4, -0.2) is 44.8 Å². The van der Waals surface area contributed by atoms with Crippen molar-refractivity contribution in [1.82, 2.24) is 14.6 Å². The Morgan fingerprint density at radius 1 is 1.18 bits per heavy atom. The lowest BCUT2D eigenvalue weighted by molar-refractivity contribution is -0.141. The van der Waals surface area contributed by atoms with E-state index in [9.17, 15) is 27.9 Å². The van der Waals surface area contributed by atoms with Crippen LogP contribution < -0.4 is 5.32 Å². The zero-order valence-corrected chi connectivity index (χ0v) is 18.0. The highest BCUT2D eigenvalue weighted by Gasteiger charge is 2.33. The molecule has 33 heavy (non-hydrogen) atoms. The number of aromatic carboxylic acids is 1. The van der Waals surface area contributed by atoms with E-state index in [1.807, 2.05) is 13.8 Å². The molecule has 4 heterocycles. The van der Waals surface area contributed by atoms with E-state index in [1.54, 1.807) is 6.07 Å². The monoisotopic (exact) mass is 464 g/mol. The van der Waals surface area contributed by atoms with E-state index in [1.165, 1.54) is 16.8 Å². The molecule has 1 aliphatic heterocycles. The SMILES string of the molecule is CC.O=C(Nc1cc2cc(C3CCOCC3)nn2cc1C(=O)O)c1cccc(C(F)(F)F)n1. The topological polar surface area (TPSA) is 106 Å². The summed E-state index contributed by atoms with van der Waals surface area (Å²) in [6.07, 6.45) is -1.86. The number of carbonyl (C=O) groups excluding carboxylic acids is 1. The van der Waals surface area contributed by atoms with Crippen molar-refractivity contribution in [3.63, 3.8) is 0 Å². The molecular formula is C22H23F3N4O4. The van der Waals surface area contributed by atoms with Crippen LogP contribution in [0.25, 0.3) is 5.52 Å². The van der Waals surface area contributed by atoms with Gasteiger partial charge in [-0.1, -0.05) is 19.9 Å². The summed E-state index contributed by atoms with van der Waals surface area (Å²) in [6, 6.07) is 6.13. The number of aromatic nitrogens is 3. The Labute approximate surface area is 187 Å². The number of fused-ring (bicyclic) bond motifs is 1. The summed E-state index contributed by atoms with van der Waals surface area (Å²) in [5, 5.41) is 16.3. The van der Waals surface area contributed by atoms with Gasteiger partial charge in [-0.25, -0.2) is 14.3 Å². The fourth-order valence-corrected chi connectivity index (χ4v) is 3.43. The van der Waals surface area contributed by atoms with Gasteiger partial charge in [0.2, 0.25) is 0 Å². The number of pyridine rings is 2. The van der Waals surface area contributed by atoms with Gasteiger partial charge in [0, 0.05) is 25.3 Å². The average molecular weight is 464 g/mol. The second-order valence-electron chi connectivity index (χ2n) is 7.09. The molecular weight excluding hydrogens is 441 g/mol. The molecule has 0 saturated carbocycles. The third-order valence-electron chi connectivity index (χ3n) is 5.01. The number of carboxylic acid groups (broad SMARTS) is 1. The Hall–Kier alpha value is -3.47. The number of rotatable bonds is 4. The summed E-state index contributed by atoms with van der Waals surface area (Å²) in [5.41, 5.74) is -0.702. The fraction of sp³-hybridized carbons (Fsp3) is 0.364. The summed E-state index contributed by atoms with van der Waals surface area (Å²) in [7, 11) is 0. The van der Waals surface area contributed by atoms with E-state index in [4.69, 9.17) is 4.74 Å². The molecule has 2 N–H and O–H groups in total. The highest BCUT2D eigenvalue weighted by atomic mass is 19.4. The van der Waals surface area contributed by atoms with Gasteiger partial charge in [0.05, 0.1) is 16.9 Å². The minimum Gasteiger partial charge on any atom is -0.478 e. The minimum absolute atomic E-state index is 0.0670. The molecule has 4 rings (SSSR count). The molecule has 0 bridgehead atoms. The van der Waals surface area contributed by atoms with Gasteiger partial charge < -0.3 is 15.2 Å². The lowest BCUT2D eigenvalue weighted by Gasteiger charge is -2.19. The molecule has 0 aliphatic carbocycles. The van der Waals surface area contributed by atoms with Crippen molar-refractivity contribution in [1.29, 1.82) is 0 Å². The summed E-state index contributed by atoms with van der Waals surface area (Å²) in [4.78, 5) is 27.5. The number of anilines is 1. The zero-order chi connectivity index (χ0) is 24.2. The Kier molecular flexibility index (Phi) is 7.32. The van der Waals surface area contributed by atoms with Crippen LogP contribution in [0.4, 0.5) is 18.9 Å². The molecule has 0 atom stereocenters. The van der Waals surface area contributed by atoms with Gasteiger partial charge in [-0.05, 0) is 37.1 Å². The van der Waals surface area contributed by atoms with Crippen molar-refractivity contribution >= 4 is 23.1 Å². The first-order chi connectivity index (χ1) is 15.7. The second-order valence-corrected chi connectivity index (χ2v) is 7.09. The molecule has 1 fully saturated rings. The number of hydrogen-bond acceptors (Lipinski definition) is 5. The highest BCUT2D eigenvalue weighted by molar-refractivity contribution is 6.07. The summed E-state index contributed by atoms with van der Waals surface area (Å²) in [6.45, 7) is 5.23. The van der Waals surface area contributed by atoms with Crippen molar-refractivity contribution in [3.8, 4) is 0 Å². The van der Waals surface area contributed by atoms with Gasteiger partial charge in [0.25, 0.3) is 5.91 Å². The number of carboxylic acids is 1. The Bertz CT molecular complexity index is 1150. The smallest absolute Gasteiger partial charge is 0.433 e. The molecule has 176 valence electrons. The molecule has 1 amide bonds. The number of ether oxygens (including phenoxy) is 1. The van der Waals surface area contributed by atoms with Crippen LogP contribution in [-0.2, 0) is 10.9 Å². The van der Waals surface area contributed by atoms with Crippen LogP contribution in [0, 0.1) is 0 Å². The number of halogens is 3. The molecule has 3 aromatic heterocycles. The van der Waals surface area contributed by atoms with Crippen LogP contribution in [0.3, 0.4) is 0 Å². The predicted octanol–water partition coefficient (Wildman–Crippen LogP) is 4.62. The largest absolute Gasteiger partial charge is 0.478 e. The molecule has 0 spiro atoms. The summed E-state index contributed by atoms with van der Waals surface area (Å²) in [5.74, 6) is -2.10. The zero-order valence-electron chi connectivity index (χ0n) is 18.0. The standard InChI is InChI=1S/C20H17F3N4O4.C2H6/c21-20(22,23)17-3-1-2-14(24-17)18(28)25-16-9-12-8-15(11-4-6-31-7-5-11)26-27(12)10-13(16)19(29)30;1-2/h1-3,8-11H,4-7H2,(H,25,28)(H,29,30);1-2H3. The van der Waals surface area contributed by atoms with Crippen LogP contribution >= 0.6 is 0 Å². The maximum Gasteiger partial charge on any atom is 0.433 e. The lowest BCUT2D eigenvalue weighted by atomic mass is 9.97.